The fourth-order valence-electron chi connectivity index (χ4n) is 0.874. The van der Waals surface area contributed by atoms with Crippen molar-refractivity contribution in [3.8, 4) is 0 Å². The van der Waals surface area contributed by atoms with Gasteiger partial charge in [-0.25, -0.2) is 4.57 Å². The number of hydrogen-bond donors (Lipinski definition) is 1. The molecule has 0 spiro atoms. The number of aryl methyl sites for hydroxylation is 1. The summed E-state index contributed by atoms with van der Waals surface area (Å²) >= 11 is 0. The Morgan fingerprint density at radius 3 is 2.50 bits per heavy atom. The first-order chi connectivity index (χ1) is 5.68. The van der Waals surface area contributed by atoms with Crippen LogP contribution < -0.4 is 4.57 Å². The lowest BCUT2D eigenvalue weighted by Gasteiger charge is -1.93. The van der Waals surface area contributed by atoms with E-state index in [-0.39, 0.29) is 6.10 Å². The fraction of sp³-hybridized carbons (Fsp3) is 0.300. The standard InChI is InChI=1S/C10H14NO/c1-9(12)3-4-10-5-7-11(2)8-6-10/h3-9,12H,1-2H3/q+1/b4-3-. The quantitative estimate of drug-likeness (QED) is 0.645. The Morgan fingerprint density at radius 2 is 2.00 bits per heavy atom. The Kier molecular flexibility index (Phi) is 3.00. The van der Waals surface area contributed by atoms with Crippen molar-refractivity contribution in [2.75, 3.05) is 0 Å². The van der Waals surface area contributed by atoms with Gasteiger partial charge in [0.15, 0.2) is 12.4 Å². The van der Waals surface area contributed by atoms with Crippen molar-refractivity contribution < 1.29 is 9.67 Å². The van der Waals surface area contributed by atoms with Crippen LogP contribution in [0.3, 0.4) is 0 Å². The number of nitrogens with zero attached hydrogens (tertiary/aromatic N) is 1. The van der Waals surface area contributed by atoms with Crippen LogP contribution in [-0.2, 0) is 7.05 Å². The number of rotatable bonds is 2. The third-order valence-electron chi connectivity index (χ3n) is 1.57. The maximum atomic E-state index is 8.98. The van der Waals surface area contributed by atoms with Crippen molar-refractivity contribution in [1.29, 1.82) is 0 Å². The highest BCUT2D eigenvalue weighted by molar-refractivity contribution is 5.47. The summed E-state index contributed by atoms with van der Waals surface area (Å²) in [6, 6.07) is 4.00. The van der Waals surface area contributed by atoms with Crippen LogP contribution in [0.4, 0.5) is 0 Å². The first-order valence-corrected chi connectivity index (χ1v) is 4.00. The molecule has 0 saturated carbocycles. The molecule has 0 saturated heterocycles. The normalized spacial score (nSPS) is 13.6. The third kappa shape index (κ3) is 2.84. The Hall–Kier alpha value is -1.15. The van der Waals surface area contributed by atoms with Gasteiger partial charge in [0.2, 0.25) is 0 Å². The van der Waals surface area contributed by atoms with Gasteiger partial charge in [-0.05, 0) is 12.5 Å². The van der Waals surface area contributed by atoms with Gasteiger partial charge in [0, 0.05) is 12.1 Å². The lowest BCUT2D eigenvalue weighted by atomic mass is 10.2. The summed E-state index contributed by atoms with van der Waals surface area (Å²) < 4.78 is 1.97. The molecule has 2 nitrogen and oxygen atoms in total. The average Bonchev–Trinajstić information content (AvgIpc) is 2.03. The molecule has 1 aromatic heterocycles. The first-order valence-electron chi connectivity index (χ1n) is 4.00. The van der Waals surface area contributed by atoms with E-state index in [4.69, 9.17) is 5.11 Å². The van der Waals surface area contributed by atoms with Crippen LogP contribution in [0.5, 0.6) is 0 Å². The van der Waals surface area contributed by atoms with E-state index in [0.717, 1.165) is 5.56 Å². The highest BCUT2D eigenvalue weighted by Crippen LogP contribution is 1.98. The highest BCUT2D eigenvalue weighted by Gasteiger charge is 1.91. The molecule has 2 heteroatoms. The van der Waals surface area contributed by atoms with Crippen molar-refractivity contribution in [2.24, 2.45) is 7.05 Å². The van der Waals surface area contributed by atoms with Crippen LogP contribution in [0.2, 0.25) is 0 Å². The van der Waals surface area contributed by atoms with Crippen molar-refractivity contribution >= 4 is 6.08 Å². The molecule has 1 unspecified atom stereocenters. The molecule has 12 heavy (non-hydrogen) atoms. The van der Waals surface area contributed by atoms with Gasteiger partial charge in [-0.3, -0.25) is 0 Å². The van der Waals surface area contributed by atoms with Gasteiger partial charge in [0.05, 0.1) is 6.10 Å². The predicted octanol–water partition coefficient (Wildman–Crippen LogP) is 0.905. The zero-order chi connectivity index (χ0) is 8.97. The molecule has 0 amide bonds. The molecule has 0 aliphatic heterocycles. The summed E-state index contributed by atoms with van der Waals surface area (Å²) in [6.07, 6.45) is 7.24. The second kappa shape index (κ2) is 4.02. The van der Waals surface area contributed by atoms with E-state index in [0.29, 0.717) is 0 Å². The second-order valence-electron chi connectivity index (χ2n) is 2.90. The number of aromatic nitrogens is 1. The number of aliphatic hydroxyl groups is 1. The average molecular weight is 164 g/mol. The van der Waals surface area contributed by atoms with E-state index in [2.05, 4.69) is 0 Å². The van der Waals surface area contributed by atoms with Gasteiger partial charge in [0.25, 0.3) is 0 Å². The number of pyridine rings is 1. The third-order valence-corrected chi connectivity index (χ3v) is 1.57. The predicted molar refractivity (Wildman–Crippen MR) is 48.3 cm³/mol. The van der Waals surface area contributed by atoms with Crippen LogP contribution >= 0.6 is 0 Å². The smallest absolute Gasteiger partial charge is 0.169 e. The summed E-state index contributed by atoms with van der Waals surface area (Å²) in [6.45, 7) is 1.74. The lowest BCUT2D eigenvalue weighted by Crippen LogP contribution is -2.25. The molecule has 0 aromatic carbocycles. The molecule has 64 valence electrons. The van der Waals surface area contributed by atoms with E-state index in [1.165, 1.54) is 0 Å². The Balaban J connectivity index is 2.71. The Labute approximate surface area is 72.8 Å². The lowest BCUT2D eigenvalue weighted by molar-refractivity contribution is -0.671. The molecular weight excluding hydrogens is 150 g/mol. The SMILES string of the molecule is CC(O)/C=C\c1cc[n+](C)cc1. The van der Waals surface area contributed by atoms with Gasteiger partial charge in [-0.15, -0.1) is 0 Å². The zero-order valence-corrected chi connectivity index (χ0v) is 7.44. The van der Waals surface area contributed by atoms with Crippen LogP contribution in [0.1, 0.15) is 12.5 Å². The van der Waals surface area contributed by atoms with Crippen LogP contribution in [0.25, 0.3) is 6.08 Å². The molecule has 1 aromatic rings. The molecule has 1 heterocycles. The van der Waals surface area contributed by atoms with Gasteiger partial charge < -0.3 is 5.11 Å². The summed E-state index contributed by atoms with van der Waals surface area (Å²) in [7, 11) is 1.97. The van der Waals surface area contributed by atoms with E-state index in [9.17, 15) is 0 Å². The molecule has 0 aliphatic rings. The number of aliphatic hydroxyl groups excluding tert-OH is 1. The first kappa shape index (κ1) is 8.94. The Morgan fingerprint density at radius 1 is 1.42 bits per heavy atom. The second-order valence-corrected chi connectivity index (χ2v) is 2.90. The number of hydrogen-bond acceptors (Lipinski definition) is 1. The molecule has 1 atom stereocenters. The zero-order valence-electron chi connectivity index (χ0n) is 7.44. The molecular formula is C10H14NO+. The largest absolute Gasteiger partial charge is 0.389 e. The van der Waals surface area contributed by atoms with Crippen LogP contribution in [0, 0.1) is 0 Å². The fourth-order valence-corrected chi connectivity index (χ4v) is 0.874. The molecule has 1 rings (SSSR count). The summed E-state index contributed by atoms with van der Waals surface area (Å²) in [5.74, 6) is 0. The van der Waals surface area contributed by atoms with Crippen molar-refractivity contribution in [3.05, 3.63) is 36.2 Å². The van der Waals surface area contributed by atoms with E-state index < -0.39 is 0 Å². The van der Waals surface area contributed by atoms with Crippen molar-refractivity contribution in [1.82, 2.24) is 0 Å². The monoisotopic (exact) mass is 164 g/mol. The summed E-state index contributed by atoms with van der Waals surface area (Å²) in [4.78, 5) is 0. The maximum absolute atomic E-state index is 8.98. The molecule has 0 bridgehead atoms. The minimum absolute atomic E-state index is 0.376. The minimum Gasteiger partial charge on any atom is -0.389 e. The van der Waals surface area contributed by atoms with E-state index in [1.54, 1.807) is 13.0 Å². The molecule has 0 fully saturated rings. The van der Waals surface area contributed by atoms with Crippen molar-refractivity contribution in [2.45, 2.75) is 13.0 Å². The maximum Gasteiger partial charge on any atom is 0.169 e. The van der Waals surface area contributed by atoms with E-state index >= 15 is 0 Å². The van der Waals surface area contributed by atoms with E-state index in [1.807, 2.05) is 42.2 Å². The van der Waals surface area contributed by atoms with Gasteiger partial charge >= 0.3 is 0 Å². The van der Waals surface area contributed by atoms with Gasteiger partial charge in [0.1, 0.15) is 7.05 Å². The van der Waals surface area contributed by atoms with Crippen LogP contribution in [-0.4, -0.2) is 11.2 Å². The topological polar surface area (TPSA) is 24.1 Å². The van der Waals surface area contributed by atoms with Gasteiger partial charge in [-0.2, -0.15) is 0 Å². The summed E-state index contributed by atoms with van der Waals surface area (Å²) in [5, 5.41) is 8.98. The molecule has 0 aliphatic carbocycles. The van der Waals surface area contributed by atoms with Crippen molar-refractivity contribution in [3.63, 3.8) is 0 Å². The highest BCUT2D eigenvalue weighted by atomic mass is 16.3. The molecule has 0 radical (unpaired) electrons. The van der Waals surface area contributed by atoms with Crippen LogP contribution in [0.15, 0.2) is 30.6 Å². The Bertz CT molecular complexity index is 262. The molecule has 1 N–H and O–H groups in total. The minimum atomic E-state index is -0.376. The summed E-state index contributed by atoms with van der Waals surface area (Å²) in [5.41, 5.74) is 1.11. The van der Waals surface area contributed by atoms with Gasteiger partial charge in [-0.1, -0.05) is 12.2 Å².